The van der Waals surface area contributed by atoms with Crippen LogP contribution in [-0.4, -0.2) is 45.2 Å². The predicted octanol–water partition coefficient (Wildman–Crippen LogP) is 1.11. The van der Waals surface area contributed by atoms with E-state index in [9.17, 15) is 9.59 Å². The fourth-order valence-electron chi connectivity index (χ4n) is 1.81. The number of para-hydroxylation sites is 1. The topological polar surface area (TPSA) is 86.3 Å². The summed E-state index contributed by atoms with van der Waals surface area (Å²) in [4.78, 5) is 24.2. The van der Waals surface area contributed by atoms with Crippen LogP contribution in [0.2, 0.25) is 0 Å². The standard InChI is InChI=1S/C12H13N3O3/c1-2-15(7-10(16)17)12(18)9-5-3-4-8-6-13-14-11(8)9/h3-6H,2,7H2,1H3,(H,13,14)(H,16,17). The number of likely N-dealkylation sites (N-methyl/N-ethyl adjacent to an activating group) is 1. The van der Waals surface area contributed by atoms with E-state index in [0.717, 1.165) is 5.39 Å². The van der Waals surface area contributed by atoms with Gasteiger partial charge in [-0.3, -0.25) is 14.7 Å². The number of rotatable bonds is 4. The van der Waals surface area contributed by atoms with Crippen molar-refractivity contribution < 1.29 is 14.7 Å². The molecule has 0 bridgehead atoms. The molecule has 0 aliphatic rings. The van der Waals surface area contributed by atoms with Crippen molar-refractivity contribution in [2.45, 2.75) is 6.92 Å². The van der Waals surface area contributed by atoms with E-state index in [2.05, 4.69) is 10.2 Å². The number of benzene rings is 1. The third-order valence-electron chi connectivity index (χ3n) is 2.70. The zero-order valence-corrected chi connectivity index (χ0v) is 9.88. The number of carboxylic acid groups (broad SMARTS) is 1. The number of hydrogen-bond acceptors (Lipinski definition) is 3. The van der Waals surface area contributed by atoms with Gasteiger partial charge in [0, 0.05) is 11.9 Å². The number of H-pyrrole nitrogens is 1. The number of carbonyl (C=O) groups is 2. The molecule has 2 N–H and O–H groups in total. The molecule has 0 radical (unpaired) electrons. The summed E-state index contributed by atoms with van der Waals surface area (Å²) in [5.74, 6) is -1.34. The zero-order valence-electron chi connectivity index (χ0n) is 9.88. The maximum atomic E-state index is 12.2. The maximum absolute atomic E-state index is 12.2. The maximum Gasteiger partial charge on any atom is 0.323 e. The van der Waals surface area contributed by atoms with Gasteiger partial charge in [-0.1, -0.05) is 12.1 Å². The van der Waals surface area contributed by atoms with Crippen molar-refractivity contribution in [1.29, 1.82) is 0 Å². The molecule has 1 aromatic carbocycles. The van der Waals surface area contributed by atoms with Crippen LogP contribution >= 0.6 is 0 Å². The number of hydrogen-bond donors (Lipinski definition) is 2. The van der Waals surface area contributed by atoms with Crippen LogP contribution < -0.4 is 0 Å². The van der Waals surface area contributed by atoms with Crippen LogP contribution in [0.5, 0.6) is 0 Å². The summed E-state index contributed by atoms with van der Waals surface area (Å²) in [5.41, 5.74) is 1.07. The number of nitrogens with zero attached hydrogens (tertiary/aromatic N) is 2. The van der Waals surface area contributed by atoms with Crippen LogP contribution in [0.3, 0.4) is 0 Å². The molecule has 0 saturated heterocycles. The average Bonchev–Trinajstić information content (AvgIpc) is 2.82. The van der Waals surface area contributed by atoms with Gasteiger partial charge in [0.2, 0.25) is 0 Å². The Balaban J connectivity index is 2.37. The van der Waals surface area contributed by atoms with Gasteiger partial charge in [-0.05, 0) is 13.0 Å². The van der Waals surface area contributed by atoms with Crippen LogP contribution in [0.15, 0.2) is 24.4 Å². The molecule has 1 amide bonds. The quantitative estimate of drug-likeness (QED) is 0.847. The predicted molar refractivity (Wildman–Crippen MR) is 65.3 cm³/mol. The number of carbonyl (C=O) groups excluding carboxylic acids is 1. The largest absolute Gasteiger partial charge is 0.480 e. The number of aromatic nitrogens is 2. The van der Waals surface area contributed by atoms with E-state index in [1.165, 1.54) is 4.90 Å². The lowest BCUT2D eigenvalue weighted by Crippen LogP contribution is -2.35. The lowest BCUT2D eigenvalue weighted by Gasteiger charge is -2.18. The Morgan fingerprint density at radius 2 is 2.22 bits per heavy atom. The van der Waals surface area contributed by atoms with Gasteiger partial charge in [0.1, 0.15) is 6.54 Å². The van der Waals surface area contributed by atoms with E-state index in [4.69, 9.17) is 5.11 Å². The highest BCUT2D eigenvalue weighted by atomic mass is 16.4. The highest BCUT2D eigenvalue weighted by Gasteiger charge is 2.19. The van der Waals surface area contributed by atoms with Crippen LogP contribution in [0.1, 0.15) is 17.3 Å². The van der Waals surface area contributed by atoms with Crippen LogP contribution in [-0.2, 0) is 4.79 Å². The van der Waals surface area contributed by atoms with Gasteiger partial charge in [0.05, 0.1) is 17.3 Å². The lowest BCUT2D eigenvalue weighted by atomic mass is 10.1. The Hall–Kier alpha value is -2.37. The molecule has 0 aliphatic carbocycles. The molecule has 6 nitrogen and oxygen atoms in total. The molecular weight excluding hydrogens is 234 g/mol. The molecule has 2 aromatic rings. The summed E-state index contributed by atoms with van der Waals surface area (Å²) in [6.07, 6.45) is 1.62. The van der Waals surface area contributed by atoms with Crippen LogP contribution in [0.4, 0.5) is 0 Å². The van der Waals surface area contributed by atoms with Gasteiger partial charge >= 0.3 is 5.97 Å². The molecule has 0 fully saturated rings. The van der Waals surface area contributed by atoms with Crippen LogP contribution in [0, 0.1) is 0 Å². The molecule has 6 heteroatoms. The molecule has 94 valence electrons. The lowest BCUT2D eigenvalue weighted by molar-refractivity contribution is -0.137. The molecule has 0 unspecified atom stereocenters. The fraction of sp³-hybridized carbons (Fsp3) is 0.250. The minimum absolute atomic E-state index is 0.306. The Morgan fingerprint density at radius 1 is 1.44 bits per heavy atom. The second-order valence-electron chi connectivity index (χ2n) is 3.85. The molecule has 0 spiro atoms. The number of aliphatic carboxylic acids is 1. The van der Waals surface area contributed by atoms with Gasteiger partial charge in [-0.2, -0.15) is 5.10 Å². The molecule has 0 saturated carbocycles. The number of carboxylic acids is 1. The van der Waals surface area contributed by atoms with E-state index < -0.39 is 5.97 Å². The van der Waals surface area contributed by atoms with Crippen molar-refractivity contribution >= 4 is 22.8 Å². The molecule has 0 aliphatic heterocycles. The van der Waals surface area contributed by atoms with Crippen molar-refractivity contribution in [2.24, 2.45) is 0 Å². The molecule has 0 atom stereocenters. The first-order chi connectivity index (χ1) is 8.63. The van der Waals surface area contributed by atoms with E-state index in [-0.39, 0.29) is 12.5 Å². The van der Waals surface area contributed by atoms with Gasteiger partial charge in [-0.15, -0.1) is 0 Å². The summed E-state index contributed by atoms with van der Waals surface area (Å²) in [6, 6.07) is 5.25. The number of aromatic amines is 1. The van der Waals surface area contributed by atoms with E-state index in [0.29, 0.717) is 17.6 Å². The summed E-state index contributed by atoms with van der Waals surface area (Å²) in [6.45, 7) is 1.78. The minimum atomic E-state index is -1.03. The third-order valence-corrected chi connectivity index (χ3v) is 2.70. The Bertz CT molecular complexity index is 591. The highest BCUT2D eigenvalue weighted by Crippen LogP contribution is 2.17. The second kappa shape index (κ2) is 4.87. The smallest absolute Gasteiger partial charge is 0.323 e. The van der Waals surface area contributed by atoms with Crippen LogP contribution in [0.25, 0.3) is 10.9 Å². The normalized spacial score (nSPS) is 10.5. The zero-order chi connectivity index (χ0) is 13.1. The second-order valence-corrected chi connectivity index (χ2v) is 3.85. The summed E-state index contributed by atoms with van der Waals surface area (Å²) < 4.78 is 0. The number of fused-ring (bicyclic) bond motifs is 1. The molecule has 2 rings (SSSR count). The molecule has 1 aromatic heterocycles. The average molecular weight is 247 g/mol. The number of nitrogens with one attached hydrogen (secondary N) is 1. The van der Waals surface area contributed by atoms with Crippen molar-refractivity contribution in [3.63, 3.8) is 0 Å². The highest BCUT2D eigenvalue weighted by molar-refractivity contribution is 6.06. The Labute approximate surface area is 103 Å². The summed E-state index contributed by atoms with van der Waals surface area (Å²) in [7, 11) is 0. The van der Waals surface area contributed by atoms with Crippen molar-refractivity contribution in [2.75, 3.05) is 13.1 Å². The van der Waals surface area contributed by atoms with Crippen molar-refractivity contribution in [3.8, 4) is 0 Å². The first-order valence-electron chi connectivity index (χ1n) is 5.56. The third kappa shape index (κ3) is 2.17. The van der Waals surface area contributed by atoms with Gasteiger partial charge < -0.3 is 10.0 Å². The monoisotopic (exact) mass is 247 g/mol. The van der Waals surface area contributed by atoms with E-state index >= 15 is 0 Å². The Morgan fingerprint density at radius 3 is 2.89 bits per heavy atom. The molecular formula is C12H13N3O3. The summed E-state index contributed by atoms with van der Waals surface area (Å²) >= 11 is 0. The summed E-state index contributed by atoms with van der Waals surface area (Å²) in [5, 5.41) is 16.2. The van der Waals surface area contributed by atoms with Crippen molar-refractivity contribution in [3.05, 3.63) is 30.0 Å². The first kappa shape index (κ1) is 12.1. The van der Waals surface area contributed by atoms with Gasteiger partial charge in [0.15, 0.2) is 0 Å². The van der Waals surface area contributed by atoms with Crippen molar-refractivity contribution in [1.82, 2.24) is 15.1 Å². The SMILES string of the molecule is CCN(CC(=O)O)C(=O)c1cccc2cn[nH]c12. The fourth-order valence-corrected chi connectivity index (χ4v) is 1.81. The van der Waals surface area contributed by atoms with E-state index in [1.807, 2.05) is 6.07 Å². The number of amides is 1. The Kier molecular flexibility index (Phi) is 3.27. The van der Waals surface area contributed by atoms with E-state index in [1.54, 1.807) is 25.3 Å². The van der Waals surface area contributed by atoms with Gasteiger partial charge in [0.25, 0.3) is 5.91 Å². The first-order valence-corrected chi connectivity index (χ1v) is 5.56. The van der Waals surface area contributed by atoms with Gasteiger partial charge in [-0.25, -0.2) is 0 Å². The molecule has 1 heterocycles. The minimum Gasteiger partial charge on any atom is -0.480 e. The molecule has 18 heavy (non-hydrogen) atoms.